The molecule has 0 unspecified atom stereocenters. The average Bonchev–Trinajstić information content (AvgIpc) is 2.26. The molecule has 0 aromatic rings. The van der Waals surface area contributed by atoms with Gasteiger partial charge in [-0.2, -0.15) is 0 Å². The van der Waals surface area contributed by atoms with Crippen LogP contribution < -0.4 is 103 Å². The van der Waals surface area contributed by atoms with Crippen molar-refractivity contribution in [3.8, 4) is 29.8 Å². The van der Waals surface area contributed by atoms with Crippen LogP contribution in [0.4, 0.5) is 0 Å². The van der Waals surface area contributed by atoms with E-state index in [0.29, 0.717) is 0 Å². The van der Waals surface area contributed by atoms with Crippen LogP contribution in [0.1, 0.15) is 0 Å². The second kappa shape index (κ2) is 8.22. The van der Waals surface area contributed by atoms with Crippen molar-refractivity contribution in [2.45, 2.75) is 0 Å². The molecule has 66 valence electrons. The Morgan fingerprint density at radius 1 is 0.500 bits per heavy atom. The van der Waals surface area contributed by atoms with Crippen LogP contribution >= 0.6 is 0 Å². The standard InChI is InChI=1S/6CN.Ca.Fe.2K/c6*1-2;;;;/q;;;;;;+2;-4;2*+1. The van der Waals surface area contributed by atoms with Gasteiger partial charge in [0.25, 0.3) is 0 Å². The first kappa shape index (κ1) is 26.5. The van der Waals surface area contributed by atoms with Crippen molar-refractivity contribution < 1.29 is 114 Å². The first-order valence-corrected chi connectivity index (χ1v) is 5.71. The molecule has 0 atom stereocenters. The van der Waals surface area contributed by atoms with Gasteiger partial charge in [0.05, 0.1) is 0 Å². The van der Waals surface area contributed by atoms with Gasteiger partial charge in [-0.1, -0.05) is 0 Å². The first-order valence-electron chi connectivity index (χ1n) is 2.40. The van der Waals surface area contributed by atoms with Gasteiger partial charge in [-0.15, -0.1) is 0 Å². The van der Waals surface area contributed by atoms with Crippen LogP contribution in [0, 0.1) is 61.4 Å². The molecule has 0 spiro atoms. The van der Waals surface area contributed by atoms with Gasteiger partial charge in [-0.25, -0.2) is 0 Å². The van der Waals surface area contributed by atoms with Crippen LogP contribution in [0.25, 0.3) is 0 Å². The number of nitriles is 6. The predicted molar refractivity (Wildman–Crippen MR) is 39.4 cm³/mol. The minimum Gasteiger partial charge on any atom is 1.00 e. The summed E-state index contributed by atoms with van der Waals surface area (Å²) in [5, 5.41) is 51.5. The third-order valence-electron chi connectivity index (χ3n) is 1.19. The molecule has 0 saturated carbocycles. The smallest absolute Gasteiger partial charge is 1.00 e. The van der Waals surface area contributed by atoms with Crippen LogP contribution in [0.2, 0.25) is 0 Å². The van der Waals surface area contributed by atoms with Crippen molar-refractivity contribution in [1.29, 1.82) is 31.6 Å². The van der Waals surface area contributed by atoms with Crippen LogP contribution in [0.5, 0.6) is 0 Å². The molecule has 0 N–H and O–H groups in total. The van der Waals surface area contributed by atoms with Crippen LogP contribution in [0.15, 0.2) is 0 Å². The number of hydrogen-bond donors (Lipinski definition) is 0. The third-order valence-corrected chi connectivity index (χ3v) is 4.89. The van der Waals surface area contributed by atoms with E-state index in [1.165, 1.54) is 0 Å². The Morgan fingerprint density at radius 2 is 0.625 bits per heavy atom. The van der Waals surface area contributed by atoms with Crippen molar-refractivity contribution in [1.82, 2.24) is 0 Å². The molecule has 0 aliphatic rings. The normalized spacial score (nSPS) is 10.9. The van der Waals surface area contributed by atoms with Gasteiger partial charge in [0, 0.05) is 0 Å². The van der Waals surface area contributed by atoms with E-state index in [1.54, 1.807) is 0 Å². The van der Waals surface area contributed by atoms with Gasteiger partial charge in [0.15, 0.2) is 0 Å². The molecular weight excluding hydrogens is 330 g/mol. The summed E-state index contributed by atoms with van der Waals surface area (Å²) in [6.45, 7) is 0. The Labute approximate surface area is 207 Å². The van der Waals surface area contributed by atoms with Gasteiger partial charge in [0.2, 0.25) is 0 Å². The molecule has 0 rings (SSSR count). The SMILES string of the molecule is N#[C][Fe-4]([C]#N)([C]#N)([C]#N)([C]#N)[C]#N.[Ca+2].[K+].[K+]. The molecule has 0 aromatic carbocycles. The van der Waals surface area contributed by atoms with E-state index in [4.69, 9.17) is 31.6 Å². The summed E-state index contributed by atoms with van der Waals surface area (Å²) in [6, 6.07) is 0. The molecule has 0 fully saturated rings. The summed E-state index contributed by atoms with van der Waals surface area (Å²) in [5.74, 6) is 0. The summed E-state index contributed by atoms with van der Waals surface area (Å²) in [4.78, 5) is 6.19. The fourth-order valence-corrected chi connectivity index (χ4v) is 1.09. The van der Waals surface area contributed by atoms with Crippen molar-refractivity contribution in [3.63, 3.8) is 0 Å². The van der Waals surface area contributed by atoms with Crippen molar-refractivity contribution in [2.24, 2.45) is 0 Å². The molecule has 0 aliphatic heterocycles. The minimum absolute atomic E-state index is 0. The third kappa shape index (κ3) is 3.51. The summed E-state index contributed by atoms with van der Waals surface area (Å²) in [7, 11) is -6.17. The molecule has 0 aliphatic carbocycles. The summed E-state index contributed by atoms with van der Waals surface area (Å²) >= 11 is 0. The summed E-state index contributed by atoms with van der Waals surface area (Å²) in [5.41, 5.74) is 0. The average molecular weight is 330 g/mol. The maximum Gasteiger partial charge on any atom is 2.00 e. The Balaban J connectivity index is -0.000000240. The monoisotopic (exact) mass is 330 g/mol. The van der Waals surface area contributed by atoms with E-state index in [0.717, 1.165) is 29.8 Å². The Bertz CT molecular complexity index is 401. The van der Waals surface area contributed by atoms with E-state index in [2.05, 4.69) is 0 Å². The van der Waals surface area contributed by atoms with Crippen molar-refractivity contribution >= 4 is 37.7 Å². The predicted octanol–water partition coefficient (Wildman–Crippen LogP) is -6.27. The van der Waals surface area contributed by atoms with Crippen molar-refractivity contribution in [3.05, 3.63) is 0 Å². The van der Waals surface area contributed by atoms with Gasteiger partial charge < -0.3 is 0 Å². The Hall–Kier alpha value is 1.99. The van der Waals surface area contributed by atoms with E-state index in [9.17, 15) is 0 Å². The van der Waals surface area contributed by atoms with Gasteiger partial charge in [-0.3, -0.25) is 0 Å². The minimum atomic E-state index is -6.17. The van der Waals surface area contributed by atoms with Crippen LogP contribution in [-0.2, 0) is 10.7 Å². The summed E-state index contributed by atoms with van der Waals surface area (Å²) in [6.07, 6.45) is 0. The van der Waals surface area contributed by atoms with Crippen LogP contribution in [0.3, 0.4) is 0 Å². The second-order valence-electron chi connectivity index (χ2n) is 1.80. The quantitative estimate of drug-likeness (QED) is 0.404. The molecule has 0 heterocycles. The molecule has 0 saturated heterocycles. The number of hydrogen-bond acceptors (Lipinski definition) is 6. The zero-order valence-electron chi connectivity index (χ0n) is 8.74. The maximum absolute atomic E-state index is 8.58. The zero-order valence-corrected chi connectivity index (χ0v) is 18.3. The number of nitrogens with zero attached hydrogens (tertiary/aromatic N) is 6. The second-order valence-corrected chi connectivity index (χ2v) is 7.42. The molecule has 10 heteroatoms. The molecule has 6 nitrogen and oxygen atoms in total. The molecule has 0 radical (unpaired) electrons. The van der Waals surface area contributed by atoms with E-state index >= 15 is 0 Å². The fourth-order valence-electron chi connectivity index (χ4n) is 0.265. The zero-order chi connectivity index (χ0) is 10.7. The Morgan fingerprint density at radius 3 is 0.625 bits per heavy atom. The molecular formula is C6CaFeK2N6. The topological polar surface area (TPSA) is 143 Å². The fraction of sp³-hybridized carbons (Fsp3) is 0. The van der Waals surface area contributed by atoms with Gasteiger partial charge >= 0.3 is 213 Å². The molecule has 0 amide bonds. The van der Waals surface area contributed by atoms with E-state index in [1.807, 2.05) is 0 Å². The van der Waals surface area contributed by atoms with Crippen LogP contribution in [-0.4, -0.2) is 37.7 Å². The maximum atomic E-state index is 8.58. The first-order chi connectivity index (χ1) is 5.97. The molecule has 16 heavy (non-hydrogen) atoms. The summed E-state index contributed by atoms with van der Waals surface area (Å²) < 4.78 is 0. The van der Waals surface area contributed by atoms with Gasteiger partial charge in [0.1, 0.15) is 0 Å². The Kier molecular flexibility index (Phi) is 13.6. The molecule has 0 aromatic heterocycles. The largest absolute Gasteiger partial charge is 2.00 e. The van der Waals surface area contributed by atoms with Gasteiger partial charge in [-0.05, 0) is 0 Å². The number of rotatable bonds is 0. The van der Waals surface area contributed by atoms with Crippen molar-refractivity contribution in [2.75, 3.05) is 0 Å². The van der Waals surface area contributed by atoms with E-state index < -0.39 is 10.7 Å². The van der Waals surface area contributed by atoms with E-state index in [-0.39, 0.29) is 141 Å². The molecule has 0 bridgehead atoms.